The zero-order valence-corrected chi connectivity index (χ0v) is 11.8. The van der Waals surface area contributed by atoms with E-state index in [4.69, 9.17) is 0 Å². The van der Waals surface area contributed by atoms with E-state index < -0.39 is 0 Å². The second kappa shape index (κ2) is 7.00. The van der Waals surface area contributed by atoms with Crippen molar-refractivity contribution in [3.63, 3.8) is 0 Å². The maximum Gasteiger partial charge on any atom is 0.241 e. The summed E-state index contributed by atoms with van der Waals surface area (Å²) in [5.74, 6) is 0.884. The van der Waals surface area contributed by atoms with E-state index in [9.17, 15) is 4.79 Å². The predicted molar refractivity (Wildman–Crippen MR) is 71.7 cm³/mol. The molecule has 3 heteroatoms. The van der Waals surface area contributed by atoms with E-state index in [0.29, 0.717) is 17.9 Å². The highest BCUT2D eigenvalue weighted by Gasteiger charge is 2.33. The SMILES string of the molecule is CCCCCC(C)N1CNC(CC(C)C)C1=O. The Bertz CT molecular complexity index is 240. The maximum atomic E-state index is 12.2. The first kappa shape index (κ1) is 14.5. The third-order valence-electron chi connectivity index (χ3n) is 3.55. The van der Waals surface area contributed by atoms with Gasteiger partial charge in [0, 0.05) is 6.04 Å². The molecule has 0 bridgehead atoms. The largest absolute Gasteiger partial charge is 0.326 e. The van der Waals surface area contributed by atoms with Crippen molar-refractivity contribution in [2.75, 3.05) is 6.67 Å². The lowest BCUT2D eigenvalue weighted by molar-refractivity contribution is -0.131. The number of unbranched alkanes of at least 4 members (excludes halogenated alkanes) is 2. The minimum atomic E-state index is 0.0589. The number of rotatable bonds is 7. The van der Waals surface area contributed by atoms with E-state index in [0.717, 1.165) is 19.5 Å². The van der Waals surface area contributed by atoms with Gasteiger partial charge in [-0.2, -0.15) is 0 Å². The Morgan fingerprint density at radius 1 is 1.35 bits per heavy atom. The van der Waals surface area contributed by atoms with Gasteiger partial charge >= 0.3 is 0 Å². The number of nitrogens with one attached hydrogen (secondary N) is 1. The molecule has 0 radical (unpaired) electrons. The topological polar surface area (TPSA) is 32.3 Å². The van der Waals surface area contributed by atoms with Crippen molar-refractivity contribution in [1.29, 1.82) is 0 Å². The molecule has 0 saturated carbocycles. The fraction of sp³-hybridized carbons (Fsp3) is 0.929. The summed E-state index contributed by atoms with van der Waals surface area (Å²) in [5, 5.41) is 3.34. The van der Waals surface area contributed by atoms with Gasteiger partial charge in [0.15, 0.2) is 0 Å². The quantitative estimate of drug-likeness (QED) is 0.694. The fourth-order valence-electron chi connectivity index (χ4n) is 2.45. The molecular weight excluding hydrogens is 212 g/mol. The Kier molecular flexibility index (Phi) is 5.96. The fourth-order valence-corrected chi connectivity index (χ4v) is 2.45. The summed E-state index contributed by atoms with van der Waals surface area (Å²) in [6.45, 7) is 9.47. The van der Waals surface area contributed by atoms with Crippen LogP contribution in [0.25, 0.3) is 0 Å². The Balaban J connectivity index is 2.37. The molecule has 3 nitrogen and oxygen atoms in total. The molecule has 100 valence electrons. The van der Waals surface area contributed by atoms with Crippen LogP contribution in [0.3, 0.4) is 0 Å². The van der Waals surface area contributed by atoms with Crippen LogP contribution < -0.4 is 5.32 Å². The van der Waals surface area contributed by atoms with Crippen molar-refractivity contribution < 1.29 is 4.79 Å². The van der Waals surface area contributed by atoms with Gasteiger partial charge in [-0.1, -0.05) is 40.0 Å². The molecule has 1 rings (SSSR count). The van der Waals surface area contributed by atoms with Crippen LogP contribution in [0.4, 0.5) is 0 Å². The zero-order valence-electron chi connectivity index (χ0n) is 11.8. The summed E-state index contributed by atoms with van der Waals surface area (Å²) in [5.41, 5.74) is 0. The second-order valence-electron chi connectivity index (χ2n) is 5.70. The number of amides is 1. The average molecular weight is 240 g/mol. The first-order valence-corrected chi connectivity index (χ1v) is 7.10. The normalized spacial score (nSPS) is 22.5. The molecule has 1 heterocycles. The van der Waals surface area contributed by atoms with E-state index in [1.165, 1.54) is 19.3 Å². The molecule has 0 aromatic rings. The number of carbonyl (C=O) groups excluding carboxylic acids is 1. The maximum absolute atomic E-state index is 12.2. The van der Waals surface area contributed by atoms with E-state index >= 15 is 0 Å². The summed E-state index contributed by atoms with van der Waals surface area (Å²) >= 11 is 0. The Hall–Kier alpha value is -0.570. The van der Waals surface area contributed by atoms with Crippen molar-refractivity contribution in [2.24, 2.45) is 5.92 Å². The predicted octanol–water partition coefficient (Wildman–Crippen LogP) is 2.76. The van der Waals surface area contributed by atoms with Crippen molar-refractivity contribution in [2.45, 2.75) is 71.9 Å². The molecule has 17 heavy (non-hydrogen) atoms. The van der Waals surface area contributed by atoms with Gasteiger partial charge in [-0.15, -0.1) is 0 Å². The smallest absolute Gasteiger partial charge is 0.241 e. The summed E-state index contributed by atoms with van der Waals surface area (Å²) < 4.78 is 0. The van der Waals surface area contributed by atoms with Crippen LogP contribution in [0.15, 0.2) is 0 Å². The molecule has 0 spiro atoms. The molecule has 1 fully saturated rings. The molecule has 1 amide bonds. The van der Waals surface area contributed by atoms with Gasteiger partial charge in [-0.25, -0.2) is 0 Å². The first-order valence-electron chi connectivity index (χ1n) is 7.10. The van der Waals surface area contributed by atoms with Crippen molar-refractivity contribution in [3.05, 3.63) is 0 Å². The van der Waals surface area contributed by atoms with E-state index in [1.807, 2.05) is 4.90 Å². The summed E-state index contributed by atoms with van der Waals surface area (Å²) in [4.78, 5) is 14.2. The Morgan fingerprint density at radius 2 is 2.06 bits per heavy atom. The monoisotopic (exact) mass is 240 g/mol. The molecule has 1 N–H and O–H groups in total. The third kappa shape index (κ3) is 4.30. The number of carbonyl (C=O) groups is 1. The lowest BCUT2D eigenvalue weighted by Gasteiger charge is -2.24. The highest BCUT2D eigenvalue weighted by Crippen LogP contribution is 2.17. The number of hydrogen-bond donors (Lipinski definition) is 1. The van der Waals surface area contributed by atoms with E-state index in [-0.39, 0.29) is 6.04 Å². The van der Waals surface area contributed by atoms with Crippen LogP contribution in [0.5, 0.6) is 0 Å². The molecule has 0 aliphatic carbocycles. The molecule has 0 aromatic carbocycles. The van der Waals surface area contributed by atoms with Crippen LogP contribution in [-0.4, -0.2) is 29.6 Å². The molecule has 1 aliphatic heterocycles. The minimum Gasteiger partial charge on any atom is -0.326 e. The van der Waals surface area contributed by atoms with Gasteiger partial charge in [-0.3, -0.25) is 10.1 Å². The van der Waals surface area contributed by atoms with Crippen LogP contribution in [0.1, 0.15) is 59.8 Å². The number of nitrogens with zero attached hydrogens (tertiary/aromatic N) is 1. The van der Waals surface area contributed by atoms with Gasteiger partial charge in [0.05, 0.1) is 12.7 Å². The van der Waals surface area contributed by atoms with Crippen molar-refractivity contribution in [1.82, 2.24) is 10.2 Å². The van der Waals surface area contributed by atoms with Gasteiger partial charge in [0.1, 0.15) is 0 Å². The number of hydrogen-bond acceptors (Lipinski definition) is 2. The standard InChI is InChI=1S/C14H28N2O/c1-5-6-7-8-12(4)16-10-15-13(14(16)17)9-11(2)3/h11-13,15H,5-10H2,1-4H3. The highest BCUT2D eigenvalue weighted by molar-refractivity contribution is 5.84. The second-order valence-corrected chi connectivity index (χ2v) is 5.70. The van der Waals surface area contributed by atoms with Crippen molar-refractivity contribution in [3.8, 4) is 0 Å². The molecule has 2 unspecified atom stereocenters. The lowest BCUT2D eigenvalue weighted by atomic mass is 10.0. The summed E-state index contributed by atoms with van der Waals surface area (Å²) in [6, 6.07) is 0.447. The molecule has 1 saturated heterocycles. The zero-order chi connectivity index (χ0) is 12.8. The molecule has 2 atom stereocenters. The van der Waals surface area contributed by atoms with Crippen LogP contribution in [0, 0.1) is 5.92 Å². The summed E-state index contributed by atoms with van der Waals surface area (Å²) in [6.07, 6.45) is 5.84. The molecule has 1 aliphatic rings. The van der Waals surface area contributed by atoms with Crippen LogP contribution >= 0.6 is 0 Å². The Morgan fingerprint density at radius 3 is 2.65 bits per heavy atom. The van der Waals surface area contributed by atoms with Gasteiger partial charge in [0.2, 0.25) is 5.91 Å². The van der Waals surface area contributed by atoms with E-state index in [2.05, 4.69) is 33.0 Å². The van der Waals surface area contributed by atoms with Gasteiger partial charge < -0.3 is 4.90 Å². The Labute approximate surface area is 106 Å². The minimum absolute atomic E-state index is 0.0589. The van der Waals surface area contributed by atoms with Crippen molar-refractivity contribution >= 4 is 5.91 Å². The van der Waals surface area contributed by atoms with Gasteiger partial charge in [-0.05, 0) is 25.7 Å². The van der Waals surface area contributed by atoms with E-state index in [1.54, 1.807) is 0 Å². The summed E-state index contributed by atoms with van der Waals surface area (Å²) in [7, 11) is 0. The molecular formula is C14H28N2O. The third-order valence-corrected chi connectivity index (χ3v) is 3.55. The lowest BCUT2D eigenvalue weighted by Crippen LogP contribution is -2.37. The molecule has 0 aromatic heterocycles. The average Bonchev–Trinajstić information content (AvgIpc) is 2.60. The van der Waals surface area contributed by atoms with Crippen LogP contribution in [-0.2, 0) is 4.79 Å². The highest BCUT2D eigenvalue weighted by atomic mass is 16.2. The van der Waals surface area contributed by atoms with Gasteiger partial charge in [0.25, 0.3) is 0 Å². The first-order chi connectivity index (χ1) is 8.06. The van der Waals surface area contributed by atoms with Crippen LogP contribution in [0.2, 0.25) is 0 Å².